The first-order chi connectivity index (χ1) is 21.6. The second kappa shape index (κ2) is 13.6. The molecule has 45 heavy (non-hydrogen) atoms. The fourth-order valence-corrected chi connectivity index (χ4v) is 4.89. The third-order valence-electron chi connectivity index (χ3n) is 6.82. The quantitative estimate of drug-likeness (QED) is 0.212. The number of nitrogens with one attached hydrogen (secondary N) is 4. The van der Waals surface area contributed by atoms with E-state index in [1.807, 2.05) is 30.3 Å². The number of amides is 3. The van der Waals surface area contributed by atoms with E-state index in [0.29, 0.717) is 48.4 Å². The second-order valence-corrected chi connectivity index (χ2v) is 10.5. The molecule has 4 N–H and O–H groups in total. The van der Waals surface area contributed by atoms with Crippen LogP contribution >= 0.6 is 11.6 Å². The number of aromatic nitrogens is 3. The number of aryl methyl sites for hydroxylation is 2. The molecular weight excluding hydrogens is 617 g/mol. The van der Waals surface area contributed by atoms with Crippen molar-refractivity contribution in [1.29, 1.82) is 0 Å². The highest BCUT2D eigenvalue weighted by Crippen LogP contribution is 2.29. The van der Waals surface area contributed by atoms with E-state index in [1.165, 1.54) is 12.3 Å². The van der Waals surface area contributed by atoms with E-state index in [2.05, 4.69) is 48.5 Å². The Morgan fingerprint density at radius 2 is 1.89 bits per heavy atom. The zero-order valence-electron chi connectivity index (χ0n) is 23.4. The number of carbonyl (C=O) groups excluding carboxylic acids is 3. The Hall–Kier alpha value is -5.18. The molecule has 2 aliphatic rings. The Morgan fingerprint density at radius 1 is 1.09 bits per heavy atom. The van der Waals surface area contributed by atoms with Crippen molar-refractivity contribution in [1.82, 2.24) is 25.3 Å². The van der Waals surface area contributed by atoms with Crippen molar-refractivity contribution in [3.63, 3.8) is 0 Å². The summed E-state index contributed by atoms with van der Waals surface area (Å²) in [6.45, 7) is 0.923. The lowest BCUT2D eigenvalue weighted by Gasteiger charge is -2.18. The van der Waals surface area contributed by atoms with E-state index in [0.717, 1.165) is 28.9 Å². The predicted octanol–water partition coefficient (Wildman–Crippen LogP) is 5.49. The van der Waals surface area contributed by atoms with Crippen molar-refractivity contribution in [2.45, 2.75) is 31.5 Å². The number of hydrogen-bond acceptors (Lipinski definition) is 9. The molecule has 6 bridgehead atoms. The molecular formula is C29H26ClF3N8O4. The first-order valence-electron chi connectivity index (χ1n) is 13.7. The number of aldehydes is 1. The van der Waals surface area contributed by atoms with E-state index in [1.54, 1.807) is 11.1 Å². The zero-order chi connectivity index (χ0) is 32.0. The number of rotatable bonds is 3. The van der Waals surface area contributed by atoms with Gasteiger partial charge in [-0.3, -0.25) is 9.59 Å². The first-order valence-corrected chi connectivity index (χ1v) is 14.0. The average molecular weight is 643 g/mol. The molecule has 12 nitrogen and oxygen atoms in total. The molecule has 2 aromatic carbocycles. The maximum Gasteiger partial charge on any atom is 0.446 e. The molecule has 0 unspecified atom stereocenters. The number of likely N-dealkylation sites (tertiary alicyclic amines) is 1. The SMILES string of the molecule is O=C(Nc1ccc2cc1CCc1cccc(c1)Nc1ncc(Cl)c(n1)N2)N[C@H]1CCN(C(=O)c2ccno2)C1.O=CC(F)(F)F. The second-order valence-electron chi connectivity index (χ2n) is 10.1. The molecule has 0 saturated carbocycles. The molecule has 2 aromatic heterocycles. The largest absolute Gasteiger partial charge is 0.446 e. The van der Waals surface area contributed by atoms with Crippen molar-refractivity contribution in [3.05, 3.63) is 82.8 Å². The smallest absolute Gasteiger partial charge is 0.351 e. The molecule has 1 atom stereocenters. The maximum atomic E-state index is 13.0. The number of hydrogen-bond donors (Lipinski definition) is 4. The van der Waals surface area contributed by atoms with Gasteiger partial charge in [-0.05, 0) is 60.7 Å². The summed E-state index contributed by atoms with van der Waals surface area (Å²) in [6.07, 6.45) is -0.620. The molecule has 0 aliphatic carbocycles. The summed E-state index contributed by atoms with van der Waals surface area (Å²) in [7, 11) is 0. The van der Waals surface area contributed by atoms with Crippen molar-refractivity contribution in [2.75, 3.05) is 29.0 Å². The Kier molecular flexibility index (Phi) is 9.47. The lowest BCUT2D eigenvalue weighted by Crippen LogP contribution is -2.40. The van der Waals surface area contributed by atoms with Crippen LogP contribution in [0.5, 0.6) is 0 Å². The molecule has 4 heterocycles. The lowest BCUT2D eigenvalue weighted by molar-refractivity contribution is -0.156. The average Bonchev–Trinajstić information content (AvgIpc) is 3.71. The number of fused-ring (bicyclic) bond motifs is 6. The van der Waals surface area contributed by atoms with Gasteiger partial charge in [0, 0.05) is 42.3 Å². The highest BCUT2D eigenvalue weighted by molar-refractivity contribution is 6.32. The molecule has 1 saturated heterocycles. The molecule has 16 heteroatoms. The summed E-state index contributed by atoms with van der Waals surface area (Å²) in [5.74, 6) is 0.859. The fraction of sp³-hybridized carbons (Fsp3) is 0.241. The monoisotopic (exact) mass is 642 g/mol. The van der Waals surface area contributed by atoms with E-state index in [9.17, 15) is 22.8 Å². The highest BCUT2D eigenvalue weighted by Gasteiger charge is 2.29. The van der Waals surface area contributed by atoms with Crippen LogP contribution in [0, 0.1) is 0 Å². The number of halogens is 4. The van der Waals surface area contributed by atoms with Gasteiger partial charge in [0.2, 0.25) is 18.0 Å². The molecule has 0 radical (unpaired) electrons. The van der Waals surface area contributed by atoms with Gasteiger partial charge in [0.05, 0.1) is 12.4 Å². The van der Waals surface area contributed by atoms with Gasteiger partial charge in [0.25, 0.3) is 5.91 Å². The minimum absolute atomic E-state index is 0.174. The first kappa shape index (κ1) is 31.3. The van der Waals surface area contributed by atoms with Crippen molar-refractivity contribution in [3.8, 4) is 0 Å². The van der Waals surface area contributed by atoms with Crippen LogP contribution in [0.4, 0.5) is 46.8 Å². The Bertz CT molecular complexity index is 1690. The molecule has 1 fully saturated rings. The van der Waals surface area contributed by atoms with Gasteiger partial charge in [-0.25, -0.2) is 9.78 Å². The number of benzene rings is 2. The van der Waals surface area contributed by atoms with E-state index in [4.69, 9.17) is 20.9 Å². The van der Waals surface area contributed by atoms with E-state index >= 15 is 0 Å². The third-order valence-corrected chi connectivity index (χ3v) is 7.10. The summed E-state index contributed by atoms with van der Waals surface area (Å²) in [6, 6.07) is 14.8. The predicted molar refractivity (Wildman–Crippen MR) is 159 cm³/mol. The topological polar surface area (TPSA) is 154 Å². The molecule has 234 valence electrons. The van der Waals surface area contributed by atoms with Gasteiger partial charge in [0.1, 0.15) is 5.02 Å². The summed E-state index contributed by atoms with van der Waals surface area (Å²) >= 11 is 6.36. The number of urea groups is 1. The van der Waals surface area contributed by atoms with Crippen molar-refractivity contribution < 1.29 is 32.1 Å². The van der Waals surface area contributed by atoms with Crippen LogP contribution in [0.2, 0.25) is 5.02 Å². The lowest BCUT2D eigenvalue weighted by atomic mass is 10.0. The Balaban J connectivity index is 0.000000609. The Labute approximate surface area is 259 Å². The number of alkyl halides is 3. The van der Waals surface area contributed by atoms with Gasteiger partial charge >= 0.3 is 12.2 Å². The minimum Gasteiger partial charge on any atom is -0.351 e. The molecule has 0 spiro atoms. The van der Waals surface area contributed by atoms with Crippen LogP contribution < -0.4 is 21.3 Å². The van der Waals surface area contributed by atoms with Gasteiger partial charge in [-0.1, -0.05) is 28.9 Å². The highest BCUT2D eigenvalue weighted by atomic mass is 35.5. The summed E-state index contributed by atoms with van der Waals surface area (Å²) in [5.41, 5.74) is 4.43. The van der Waals surface area contributed by atoms with Gasteiger partial charge < -0.3 is 30.7 Å². The van der Waals surface area contributed by atoms with E-state index in [-0.39, 0.29) is 23.7 Å². The third kappa shape index (κ3) is 8.47. The maximum absolute atomic E-state index is 13.0. The van der Waals surface area contributed by atoms with Crippen molar-refractivity contribution >= 4 is 58.7 Å². The van der Waals surface area contributed by atoms with Crippen LogP contribution in [0.25, 0.3) is 0 Å². The van der Waals surface area contributed by atoms with Gasteiger partial charge in [-0.2, -0.15) is 18.2 Å². The zero-order valence-corrected chi connectivity index (χ0v) is 24.2. The molecule has 3 amide bonds. The normalized spacial score (nSPS) is 15.5. The summed E-state index contributed by atoms with van der Waals surface area (Å²) in [5, 5.41) is 16.5. The fourth-order valence-electron chi connectivity index (χ4n) is 4.75. The number of anilines is 5. The van der Waals surface area contributed by atoms with Crippen molar-refractivity contribution in [2.24, 2.45) is 0 Å². The summed E-state index contributed by atoms with van der Waals surface area (Å²) < 4.78 is 36.2. The van der Waals surface area contributed by atoms with Crippen LogP contribution in [0.3, 0.4) is 0 Å². The number of nitrogens with zero attached hydrogens (tertiary/aromatic N) is 4. The molecule has 4 aromatic rings. The van der Waals surface area contributed by atoms with Gasteiger partial charge in [-0.15, -0.1) is 0 Å². The van der Waals surface area contributed by atoms with Crippen LogP contribution in [-0.2, 0) is 17.6 Å². The standard InChI is InChI=1S/C27H25ClN8O3.C2HF3O/c28-21-14-29-26-32-18-3-1-2-16(12-18)4-5-17-13-19(31-24(21)35-26)6-7-22(17)34-27(38)33-20-9-11-36(15-20)25(37)23-8-10-30-39-23;3-2(4,5)1-6/h1-3,6-8,10,12-14,20H,4-5,9,11,15H2,(H2,33,34,38)(H2,29,31,32,35);1H/t20-;/m0./s1. The molecule has 6 rings (SSSR count). The minimum atomic E-state index is -4.64. The van der Waals surface area contributed by atoms with Crippen LogP contribution in [0.1, 0.15) is 28.1 Å². The van der Waals surface area contributed by atoms with Gasteiger partial charge in [0.15, 0.2) is 5.82 Å². The molecule has 2 aliphatic heterocycles. The summed E-state index contributed by atoms with van der Waals surface area (Å²) in [4.78, 5) is 44.6. The van der Waals surface area contributed by atoms with Crippen LogP contribution in [-0.4, -0.2) is 63.6 Å². The van der Waals surface area contributed by atoms with Crippen LogP contribution in [0.15, 0.2) is 65.4 Å². The van der Waals surface area contributed by atoms with E-state index < -0.39 is 12.5 Å². The Morgan fingerprint density at radius 3 is 2.64 bits per heavy atom. The number of carbonyl (C=O) groups is 3.